The molecule has 100 valence electrons. The van der Waals surface area contributed by atoms with Gasteiger partial charge >= 0.3 is 0 Å². The fourth-order valence-electron chi connectivity index (χ4n) is 1.20. The second kappa shape index (κ2) is 8.22. The molecule has 5 nitrogen and oxygen atoms in total. The van der Waals surface area contributed by atoms with E-state index in [1.54, 1.807) is 27.0 Å². The van der Waals surface area contributed by atoms with Gasteiger partial charge in [-0.05, 0) is 13.8 Å². The highest BCUT2D eigenvalue weighted by molar-refractivity contribution is 5.81. The molecule has 0 spiro atoms. The summed E-state index contributed by atoms with van der Waals surface area (Å²) in [6.45, 7) is 8.28. The normalized spacial score (nSPS) is 16.0. The summed E-state index contributed by atoms with van der Waals surface area (Å²) in [5, 5.41) is 15.6. The van der Waals surface area contributed by atoms with Crippen molar-refractivity contribution in [1.82, 2.24) is 10.6 Å². The van der Waals surface area contributed by atoms with Gasteiger partial charge in [0.2, 0.25) is 5.91 Å². The zero-order valence-electron chi connectivity index (χ0n) is 11.0. The van der Waals surface area contributed by atoms with Crippen molar-refractivity contribution in [3.63, 3.8) is 0 Å². The summed E-state index contributed by atoms with van der Waals surface area (Å²) in [6.07, 6.45) is 2.15. The van der Waals surface area contributed by atoms with Crippen molar-refractivity contribution in [3.05, 3.63) is 12.7 Å². The first-order valence-electron chi connectivity index (χ1n) is 5.76. The van der Waals surface area contributed by atoms with Crippen LogP contribution in [-0.4, -0.2) is 49.5 Å². The average molecular weight is 244 g/mol. The predicted octanol–water partition coefficient (Wildman–Crippen LogP) is 0.0542. The van der Waals surface area contributed by atoms with Crippen LogP contribution in [0.1, 0.15) is 20.3 Å². The summed E-state index contributed by atoms with van der Waals surface area (Å²) < 4.78 is 4.91. The van der Waals surface area contributed by atoms with Crippen LogP contribution in [0.5, 0.6) is 0 Å². The summed E-state index contributed by atoms with van der Waals surface area (Å²) in [5.74, 6) is -0.104. The summed E-state index contributed by atoms with van der Waals surface area (Å²) in [7, 11) is 1.59. The van der Waals surface area contributed by atoms with Gasteiger partial charge < -0.3 is 20.5 Å². The molecule has 0 heterocycles. The maximum atomic E-state index is 11.5. The van der Waals surface area contributed by atoms with Crippen LogP contribution in [0.3, 0.4) is 0 Å². The molecule has 2 unspecified atom stereocenters. The standard InChI is InChI=1S/C12H24N2O3/c1-5-7-13-11(15)10(2)14-9-12(3,16)6-8-17-4/h5,10,14,16H,1,6-9H2,2-4H3,(H,13,15). The molecule has 0 aliphatic carbocycles. The van der Waals surface area contributed by atoms with Crippen LogP contribution in [0.25, 0.3) is 0 Å². The first-order chi connectivity index (χ1) is 7.93. The molecule has 0 radical (unpaired) electrons. The van der Waals surface area contributed by atoms with Gasteiger partial charge in [-0.15, -0.1) is 6.58 Å². The van der Waals surface area contributed by atoms with Crippen molar-refractivity contribution in [2.75, 3.05) is 26.8 Å². The van der Waals surface area contributed by atoms with E-state index in [9.17, 15) is 9.90 Å². The zero-order valence-corrected chi connectivity index (χ0v) is 11.0. The molecular formula is C12H24N2O3. The van der Waals surface area contributed by atoms with Crippen LogP contribution >= 0.6 is 0 Å². The Hall–Kier alpha value is -0.910. The van der Waals surface area contributed by atoms with E-state index in [0.717, 1.165) is 0 Å². The van der Waals surface area contributed by atoms with Crippen molar-refractivity contribution < 1.29 is 14.6 Å². The molecule has 0 aromatic rings. The van der Waals surface area contributed by atoms with Crippen LogP contribution in [-0.2, 0) is 9.53 Å². The van der Waals surface area contributed by atoms with Gasteiger partial charge in [-0.2, -0.15) is 0 Å². The molecule has 1 amide bonds. The second-order valence-electron chi connectivity index (χ2n) is 4.38. The molecule has 2 atom stereocenters. The van der Waals surface area contributed by atoms with E-state index < -0.39 is 5.60 Å². The average Bonchev–Trinajstić information content (AvgIpc) is 2.30. The lowest BCUT2D eigenvalue weighted by molar-refractivity contribution is -0.122. The fraction of sp³-hybridized carbons (Fsp3) is 0.750. The summed E-state index contributed by atoms with van der Waals surface area (Å²) in [5.41, 5.74) is -0.872. The Bertz CT molecular complexity index is 242. The number of carbonyl (C=O) groups excluding carboxylic acids is 1. The molecule has 17 heavy (non-hydrogen) atoms. The van der Waals surface area contributed by atoms with Crippen LogP contribution in [0, 0.1) is 0 Å². The third-order valence-electron chi connectivity index (χ3n) is 2.45. The highest BCUT2D eigenvalue weighted by atomic mass is 16.5. The SMILES string of the molecule is C=CCNC(=O)C(C)NCC(C)(O)CCOC. The quantitative estimate of drug-likeness (QED) is 0.501. The summed E-state index contributed by atoms with van der Waals surface area (Å²) in [4.78, 5) is 11.5. The lowest BCUT2D eigenvalue weighted by Crippen LogP contribution is -2.48. The molecule has 5 heteroatoms. The van der Waals surface area contributed by atoms with E-state index in [4.69, 9.17) is 4.74 Å². The maximum Gasteiger partial charge on any atom is 0.237 e. The largest absolute Gasteiger partial charge is 0.389 e. The highest BCUT2D eigenvalue weighted by Crippen LogP contribution is 2.07. The Morgan fingerprint density at radius 2 is 2.29 bits per heavy atom. The van der Waals surface area contributed by atoms with Gasteiger partial charge in [0.15, 0.2) is 0 Å². The lowest BCUT2D eigenvalue weighted by Gasteiger charge is -2.25. The van der Waals surface area contributed by atoms with Gasteiger partial charge in [-0.25, -0.2) is 0 Å². The minimum Gasteiger partial charge on any atom is -0.389 e. The number of rotatable bonds is 9. The Balaban J connectivity index is 3.92. The van der Waals surface area contributed by atoms with Gasteiger partial charge in [0.25, 0.3) is 0 Å². The Labute approximate surface area is 103 Å². The number of methoxy groups -OCH3 is 1. The second-order valence-corrected chi connectivity index (χ2v) is 4.38. The number of hydrogen-bond donors (Lipinski definition) is 3. The number of amides is 1. The first-order valence-corrected chi connectivity index (χ1v) is 5.76. The molecule has 0 aliphatic rings. The number of nitrogens with one attached hydrogen (secondary N) is 2. The van der Waals surface area contributed by atoms with E-state index in [1.807, 2.05) is 0 Å². The number of ether oxygens (including phenoxy) is 1. The fourth-order valence-corrected chi connectivity index (χ4v) is 1.20. The molecule has 0 aliphatic heterocycles. The van der Waals surface area contributed by atoms with Crippen LogP contribution in [0.4, 0.5) is 0 Å². The molecule has 0 bridgehead atoms. The molecule has 0 aromatic heterocycles. The Kier molecular flexibility index (Phi) is 7.78. The third kappa shape index (κ3) is 7.90. The lowest BCUT2D eigenvalue weighted by atomic mass is 10.0. The van der Waals surface area contributed by atoms with Crippen LogP contribution < -0.4 is 10.6 Å². The molecular weight excluding hydrogens is 220 g/mol. The van der Waals surface area contributed by atoms with E-state index >= 15 is 0 Å². The molecule has 0 aromatic carbocycles. The van der Waals surface area contributed by atoms with Crippen molar-refractivity contribution in [1.29, 1.82) is 0 Å². The van der Waals surface area contributed by atoms with Crippen molar-refractivity contribution >= 4 is 5.91 Å². The number of carbonyl (C=O) groups is 1. The predicted molar refractivity (Wildman–Crippen MR) is 67.8 cm³/mol. The van der Waals surface area contributed by atoms with Crippen LogP contribution in [0.15, 0.2) is 12.7 Å². The zero-order chi connectivity index (χ0) is 13.3. The molecule has 0 fully saturated rings. The smallest absolute Gasteiger partial charge is 0.237 e. The van der Waals surface area contributed by atoms with E-state index in [1.165, 1.54) is 0 Å². The monoisotopic (exact) mass is 244 g/mol. The third-order valence-corrected chi connectivity index (χ3v) is 2.45. The van der Waals surface area contributed by atoms with E-state index in [-0.39, 0.29) is 11.9 Å². The molecule has 0 saturated carbocycles. The van der Waals surface area contributed by atoms with Crippen molar-refractivity contribution in [3.8, 4) is 0 Å². The highest BCUT2D eigenvalue weighted by Gasteiger charge is 2.22. The molecule has 0 rings (SSSR count). The van der Waals surface area contributed by atoms with E-state index in [2.05, 4.69) is 17.2 Å². The first kappa shape index (κ1) is 16.1. The van der Waals surface area contributed by atoms with Gasteiger partial charge in [0.1, 0.15) is 0 Å². The van der Waals surface area contributed by atoms with Gasteiger partial charge in [-0.3, -0.25) is 4.79 Å². The van der Waals surface area contributed by atoms with Crippen molar-refractivity contribution in [2.45, 2.75) is 31.9 Å². The minimum absolute atomic E-state index is 0.104. The van der Waals surface area contributed by atoms with Crippen molar-refractivity contribution in [2.24, 2.45) is 0 Å². The van der Waals surface area contributed by atoms with E-state index in [0.29, 0.717) is 26.1 Å². The van der Waals surface area contributed by atoms with Gasteiger partial charge in [0, 0.05) is 33.2 Å². The summed E-state index contributed by atoms with van der Waals surface area (Å²) >= 11 is 0. The summed E-state index contributed by atoms with van der Waals surface area (Å²) in [6, 6.07) is -0.344. The Morgan fingerprint density at radius 1 is 1.65 bits per heavy atom. The topological polar surface area (TPSA) is 70.6 Å². The van der Waals surface area contributed by atoms with Gasteiger partial charge in [-0.1, -0.05) is 6.08 Å². The maximum absolute atomic E-state index is 11.5. The molecule has 3 N–H and O–H groups in total. The number of hydrogen-bond acceptors (Lipinski definition) is 4. The minimum atomic E-state index is -0.872. The number of aliphatic hydroxyl groups is 1. The van der Waals surface area contributed by atoms with Crippen LogP contribution in [0.2, 0.25) is 0 Å². The molecule has 0 saturated heterocycles. The van der Waals surface area contributed by atoms with Gasteiger partial charge in [0.05, 0.1) is 11.6 Å². The Morgan fingerprint density at radius 3 is 2.82 bits per heavy atom.